The molecule has 3 atom stereocenters. The second kappa shape index (κ2) is 10.5. The first-order chi connectivity index (χ1) is 17.7. The van der Waals surface area contributed by atoms with Crippen molar-refractivity contribution in [3.63, 3.8) is 0 Å². The number of halogens is 1. The molecule has 0 radical (unpaired) electrons. The van der Waals surface area contributed by atoms with Gasteiger partial charge in [0.05, 0.1) is 6.54 Å². The Morgan fingerprint density at radius 1 is 1.08 bits per heavy atom. The quantitative estimate of drug-likeness (QED) is 0.436. The zero-order chi connectivity index (χ0) is 26.2. The lowest BCUT2D eigenvalue weighted by molar-refractivity contribution is -0.133. The van der Waals surface area contributed by atoms with Gasteiger partial charge in [-0.15, -0.1) is 0 Å². The van der Waals surface area contributed by atoms with Crippen molar-refractivity contribution in [3.05, 3.63) is 70.9 Å². The number of carbonyl (C=O) groups excluding carboxylic acids is 2. The fraction of sp³-hybridized carbons (Fsp3) is 0.467. The Kier molecular flexibility index (Phi) is 7.32. The number of nitrogens with one attached hydrogen (secondary N) is 1. The molecule has 3 heterocycles. The van der Waals surface area contributed by atoms with Crippen LogP contribution in [-0.2, 0) is 17.9 Å². The molecule has 0 spiro atoms. The Morgan fingerprint density at radius 2 is 1.84 bits per heavy atom. The molecule has 1 aromatic heterocycles. The van der Waals surface area contributed by atoms with Crippen molar-refractivity contribution in [1.29, 1.82) is 0 Å². The molecule has 1 N–H and O–H groups in total. The van der Waals surface area contributed by atoms with Crippen molar-refractivity contribution in [2.24, 2.45) is 11.8 Å². The van der Waals surface area contributed by atoms with E-state index in [0.717, 1.165) is 54.4 Å². The van der Waals surface area contributed by atoms with Gasteiger partial charge in [0, 0.05) is 42.1 Å². The topological polar surface area (TPSA) is 57.6 Å². The molecule has 2 amide bonds. The van der Waals surface area contributed by atoms with Crippen molar-refractivity contribution >= 4 is 34.3 Å². The smallest absolute Gasteiger partial charge is 0.271 e. The van der Waals surface area contributed by atoms with E-state index in [4.69, 9.17) is 11.6 Å². The third kappa shape index (κ3) is 5.27. The van der Waals surface area contributed by atoms with Crippen LogP contribution in [-0.4, -0.2) is 57.9 Å². The van der Waals surface area contributed by atoms with E-state index in [9.17, 15) is 9.59 Å². The maximum absolute atomic E-state index is 13.9. The summed E-state index contributed by atoms with van der Waals surface area (Å²) in [6.07, 6.45) is 2.18. The maximum atomic E-state index is 13.9. The molecule has 3 aromatic rings. The van der Waals surface area contributed by atoms with Crippen LogP contribution in [0.5, 0.6) is 0 Å². The molecule has 6 nitrogen and oxygen atoms in total. The molecule has 5 rings (SSSR count). The van der Waals surface area contributed by atoms with Crippen LogP contribution < -0.4 is 5.32 Å². The summed E-state index contributed by atoms with van der Waals surface area (Å²) >= 11 is 6.24. The molecule has 7 heteroatoms. The summed E-state index contributed by atoms with van der Waals surface area (Å²) in [4.78, 5) is 31.9. The minimum atomic E-state index is -1.04. The number of amides is 2. The van der Waals surface area contributed by atoms with Crippen molar-refractivity contribution in [2.75, 3.05) is 26.2 Å². The fourth-order valence-electron chi connectivity index (χ4n) is 6.24. The second-order valence-electron chi connectivity index (χ2n) is 11.3. The number of rotatable bonds is 7. The van der Waals surface area contributed by atoms with Gasteiger partial charge in [-0.2, -0.15) is 0 Å². The molecule has 2 aliphatic rings. The molecular weight excluding hydrogens is 484 g/mol. The molecule has 2 aromatic carbocycles. The highest BCUT2D eigenvalue weighted by molar-refractivity contribution is 6.30. The third-order valence-electron chi connectivity index (χ3n) is 7.94. The Hall–Kier alpha value is -2.83. The number of carbonyl (C=O) groups is 2. The molecule has 1 saturated heterocycles. The van der Waals surface area contributed by atoms with Crippen molar-refractivity contribution < 1.29 is 9.59 Å². The number of piperidine rings is 1. The normalized spacial score (nSPS) is 24.3. The number of hydrogen-bond donors (Lipinski definition) is 1. The fourth-order valence-corrected chi connectivity index (χ4v) is 6.45. The average molecular weight is 521 g/mol. The Labute approximate surface area is 224 Å². The molecule has 0 aliphatic carbocycles. The summed E-state index contributed by atoms with van der Waals surface area (Å²) in [7, 11) is 0. The third-order valence-corrected chi connectivity index (χ3v) is 8.17. The van der Waals surface area contributed by atoms with Crippen LogP contribution in [0.1, 0.15) is 49.7 Å². The molecule has 3 unspecified atom stereocenters. The molecule has 0 bridgehead atoms. The molecular formula is C30H37ClN4O2. The van der Waals surface area contributed by atoms with E-state index in [2.05, 4.69) is 24.1 Å². The van der Waals surface area contributed by atoms with Crippen LogP contribution in [0.25, 0.3) is 10.9 Å². The Morgan fingerprint density at radius 3 is 2.59 bits per heavy atom. The predicted molar refractivity (Wildman–Crippen MR) is 149 cm³/mol. The number of para-hydroxylation sites is 1. The standard InChI is InChI=1S/C30H37ClN4O2/c1-21-14-22(2)18-33(17-21)13-7-12-32-29(37)30(3)20-34-26-11-5-4-9-24(26)16-27(34)28(36)35(30)19-23-8-6-10-25(31)15-23/h4-6,8-11,15-16,21-22H,7,12-14,17-20H2,1-3H3,(H,32,37). The van der Waals surface area contributed by atoms with Gasteiger partial charge in [0.15, 0.2) is 0 Å². The summed E-state index contributed by atoms with van der Waals surface area (Å²) in [5.74, 6) is 1.18. The Bertz CT molecular complexity index is 1290. The predicted octanol–water partition coefficient (Wildman–Crippen LogP) is 5.19. The number of fused-ring (bicyclic) bond motifs is 3. The molecule has 0 saturated carbocycles. The summed E-state index contributed by atoms with van der Waals surface area (Å²) in [6.45, 7) is 11.1. The monoisotopic (exact) mass is 520 g/mol. The van der Waals surface area contributed by atoms with Crippen LogP contribution in [0.15, 0.2) is 54.6 Å². The zero-order valence-corrected chi connectivity index (χ0v) is 22.8. The van der Waals surface area contributed by atoms with Gasteiger partial charge in [-0.1, -0.05) is 55.8 Å². The lowest BCUT2D eigenvalue weighted by Crippen LogP contribution is -2.63. The maximum Gasteiger partial charge on any atom is 0.271 e. The summed E-state index contributed by atoms with van der Waals surface area (Å²) in [5.41, 5.74) is 1.45. The minimum absolute atomic E-state index is 0.119. The molecule has 196 valence electrons. The van der Waals surface area contributed by atoms with E-state index < -0.39 is 5.54 Å². The van der Waals surface area contributed by atoms with Gasteiger partial charge < -0.3 is 19.7 Å². The SMILES string of the molecule is CC1CC(C)CN(CCCNC(=O)C2(C)Cn3c(cc4ccccc43)C(=O)N2Cc2cccc(Cl)c2)C1. The van der Waals surface area contributed by atoms with Gasteiger partial charge in [0.1, 0.15) is 11.2 Å². The molecule has 2 aliphatic heterocycles. The number of aromatic nitrogens is 1. The van der Waals surface area contributed by atoms with Gasteiger partial charge in [0.25, 0.3) is 5.91 Å². The highest BCUT2D eigenvalue weighted by Crippen LogP contribution is 2.33. The van der Waals surface area contributed by atoms with E-state index in [1.807, 2.05) is 66.1 Å². The number of likely N-dealkylation sites (tertiary alicyclic amines) is 1. The van der Waals surface area contributed by atoms with E-state index >= 15 is 0 Å². The summed E-state index contributed by atoms with van der Waals surface area (Å²) in [6, 6.07) is 17.4. The van der Waals surface area contributed by atoms with Crippen molar-refractivity contribution in [1.82, 2.24) is 19.7 Å². The summed E-state index contributed by atoms with van der Waals surface area (Å²) < 4.78 is 2.00. The lowest BCUT2D eigenvalue weighted by Gasteiger charge is -2.44. The van der Waals surface area contributed by atoms with Crippen LogP contribution in [0.2, 0.25) is 5.02 Å². The van der Waals surface area contributed by atoms with Gasteiger partial charge in [-0.05, 0) is 68.0 Å². The number of benzene rings is 2. The average Bonchev–Trinajstić information content (AvgIpc) is 3.22. The summed E-state index contributed by atoms with van der Waals surface area (Å²) in [5, 5.41) is 4.79. The highest BCUT2D eigenvalue weighted by Gasteiger charge is 2.47. The number of nitrogens with zero attached hydrogens (tertiary/aromatic N) is 3. The van der Waals surface area contributed by atoms with Crippen molar-refractivity contribution in [3.8, 4) is 0 Å². The highest BCUT2D eigenvalue weighted by atomic mass is 35.5. The van der Waals surface area contributed by atoms with Crippen LogP contribution in [0.3, 0.4) is 0 Å². The first-order valence-corrected chi connectivity index (χ1v) is 13.8. The van der Waals surface area contributed by atoms with Crippen molar-refractivity contribution in [2.45, 2.75) is 52.2 Å². The first-order valence-electron chi connectivity index (χ1n) is 13.4. The van der Waals surface area contributed by atoms with E-state index in [1.165, 1.54) is 6.42 Å². The molecule has 1 fully saturated rings. The Balaban J connectivity index is 1.36. The van der Waals surface area contributed by atoms with Gasteiger partial charge in [-0.3, -0.25) is 9.59 Å². The minimum Gasteiger partial charge on any atom is -0.354 e. The van der Waals surface area contributed by atoms with E-state index in [0.29, 0.717) is 30.4 Å². The van der Waals surface area contributed by atoms with Gasteiger partial charge >= 0.3 is 0 Å². The van der Waals surface area contributed by atoms with Gasteiger partial charge in [-0.25, -0.2) is 0 Å². The number of hydrogen-bond acceptors (Lipinski definition) is 3. The zero-order valence-electron chi connectivity index (χ0n) is 22.0. The van der Waals surface area contributed by atoms with Gasteiger partial charge in [0.2, 0.25) is 5.91 Å². The van der Waals surface area contributed by atoms with E-state index in [-0.39, 0.29) is 11.8 Å². The van der Waals surface area contributed by atoms with Crippen LogP contribution in [0.4, 0.5) is 0 Å². The van der Waals surface area contributed by atoms with E-state index in [1.54, 1.807) is 4.90 Å². The largest absolute Gasteiger partial charge is 0.354 e. The van der Waals surface area contributed by atoms with Crippen LogP contribution in [0, 0.1) is 11.8 Å². The molecule has 37 heavy (non-hydrogen) atoms. The first kappa shape index (κ1) is 25.8. The lowest BCUT2D eigenvalue weighted by atomic mass is 9.92. The van der Waals surface area contributed by atoms with Crippen LogP contribution >= 0.6 is 11.6 Å². The second-order valence-corrected chi connectivity index (χ2v) is 11.7.